The topological polar surface area (TPSA) is 89.6 Å². The first-order valence-electron chi connectivity index (χ1n) is 10.1. The average molecular weight is 417 g/mol. The third-order valence-corrected chi connectivity index (χ3v) is 5.63. The lowest BCUT2D eigenvalue weighted by atomic mass is 9.94. The highest BCUT2D eigenvalue weighted by molar-refractivity contribution is 6.01. The number of carbonyl (C=O) groups is 2. The number of ether oxygens (including phenoxy) is 2. The monoisotopic (exact) mass is 417 g/mol. The third kappa shape index (κ3) is 3.70. The van der Waals surface area contributed by atoms with Gasteiger partial charge in [-0.15, -0.1) is 0 Å². The molecule has 1 saturated carbocycles. The maximum absolute atomic E-state index is 13.0. The zero-order valence-corrected chi connectivity index (χ0v) is 17.0. The molecule has 2 N–H and O–H groups in total. The summed E-state index contributed by atoms with van der Waals surface area (Å²) >= 11 is 0. The average Bonchev–Trinajstić information content (AvgIpc) is 3.45. The summed E-state index contributed by atoms with van der Waals surface area (Å²) in [7, 11) is 0. The van der Waals surface area contributed by atoms with Gasteiger partial charge in [-0.05, 0) is 60.4 Å². The molecular weight excluding hydrogens is 394 g/mol. The van der Waals surface area contributed by atoms with Crippen molar-refractivity contribution in [1.29, 1.82) is 0 Å². The van der Waals surface area contributed by atoms with Crippen molar-refractivity contribution < 1.29 is 20.5 Å². The van der Waals surface area contributed by atoms with E-state index in [9.17, 15) is 9.59 Å². The Morgan fingerprint density at radius 1 is 0.968 bits per heavy atom. The van der Waals surface area contributed by atoms with Crippen molar-refractivity contribution in [3.05, 3.63) is 66.4 Å². The molecule has 0 atom stereocenters. The maximum atomic E-state index is 13.0. The van der Waals surface area contributed by atoms with Gasteiger partial charge >= 0.3 is 0 Å². The number of anilines is 2. The number of carbonyl (C=O) groups excluding carboxylic acids is 2. The summed E-state index contributed by atoms with van der Waals surface area (Å²) in [6.07, 6.45) is 3.28. The van der Waals surface area contributed by atoms with Gasteiger partial charge in [0.25, 0.3) is 0 Å². The van der Waals surface area contributed by atoms with Crippen LogP contribution in [0, 0.1) is 0 Å². The number of benzene rings is 2. The lowest BCUT2D eigenvalue weighted by Gasteiger charge is -2.16. The van der Waals surface area contributed by atoms with Crippen LogP contribution in [-0.2, 0) is 15.0 Å². The lowest BCUT2D eigenvalue weighted by molar-refractivity contribution is -0.118. The quantitative estimate of drug-likeness (QED) is 0.644. The molecule has 3 aromatic rings. The molecule has 1 aliphatic heterocycles. The minimum Gasteiger partial charge on any atom is -0.454 e. The number of nitrogens with one attached hydrogen (secondary N) is 2. The minimum absolute atomic E-state index is 0. The predicted octanol–water partition coefficient (Wildman–Crippen LogP) is 4.35. The Morgan fingerprint density at radius 3 is 2.55 bits per heavy atom. The van der Waals surface area contributed by atoms with E-state index in [4.69, 9.17) is 9.47 Å². The Balaban J connectivity index is 0.00000245. The molecule has 7 heteroatoms. The van der Waals surface area contributed by atoms with Crippen molar-refractivity contribution in [2.45, 2.75) is 25.2 Å². The van der Waals surface area contributed by atoms with Gasteiger partial charge in [0.1, 0.15) is 5.82 Å². The number of fused-ring (bicyclic) bond motifs is 1. The molecule has 0 radical (unpaired) electrons. The smallest absolute Gasteiger partial charge is 0.236 e. The maximum Gasteiger partial charge on any atom is 0.236 e. The molecular formula is C24H23N3O4. The first kappa shape index (κ1) is 19.1. The van der Waals surface area contributed by atoms with Crippen molar-refractivity contribution in [3.63, 3.8) is 0 Å². The van der Waals surface area contributed by atoms with Gasteiger partial charge in [-0.25, -0.2) is 4.98 Å². The van der Waals surface area contributed by atoms with Crippen LogP contribution >= 0.6 is 0 Å². The highest BCUT2D eigenvalue weighted by Gasteiger charge is 2.51. The number of hydrogen-bond donors (Lipinski definition) is 2. The van der Waals surface area contributed by atoms with Gasteiger partial charge in [0, 0.05) is 25.8 Å². The van der Waals surface area contributed by atoms with E-state index in [-0.39, 0.29) is 20.0 Å². The van der Waals surface area contributed by atoms with Crippen LogP contribution < -0.4 is 20.1 Å². The van der Waals surface area contributed by atoms with Crippen LogP contribution in [0.1, 0.15) is 26.8 Å². The molecule has 158 valence electrons. The molecule has 31 heavy (non-hydrogen) atoms. The van der Waals surface area contributed by atoms with Gasteiger partial charge in [-0.3, -0.25) is 9.59 Å². The van der Waals surface area contributed by atoms with Crippen LogP contribution in [0.5, 0.6) is 11.5 Å². The second-order valence-electron chi connectivity index (χ2n) is 7.80. The summed E-state index contributed by atoms with van der Waals surface area (Å²) in [5.41, 5.74) is 2.92. The molecule has 5 rings (SSSR count). The Morgan fingerprint density at radius 2 is 1.81 bits per heavy atom. The number of hydrogen-bond acceptors (Lipinski definition) is 5. The van der Waals surface area contributed by atoms with Crippen molar-refractivity contribution in [2.75, 3.05) is 17.4 Å². The second-order valence-corrected chi connectivity index (χ2v) is 7.80. The molecule has 0 spiro atoms. The summed E-state index contributed by atoms with van der Waals surface area (Å²) in [6.45, 7) is 1.68. The van der Waals surface area contributed by atoms with E-state index in [2.05, 4.69) is 15.6 Å². The van der Waals surface area contributed by atoms with Gasteiger partial charge in [0.15, 0.2) is 11.5 Å². The highest BCUT2D eigenvalue weighted by Crippen LogP contribution is 2.51. The van der Waals surface area contributed by atoms with Crippen molar-refractivity contribution >= 4 is 23.3 Å². The van der Waals surface area contributed by atoms with Gasteiger partial charge in [0.2, 0.25) is 18.6 Å². The van der Waals surface area contributed by atoms with Gasteiger partial charge in [-0.1, -0.05) is 18.2 Å². The van der Waals surface area contributed by atoms with E-state index >= 15 is 0 Å². The SMILES string of the molecule is CC(=O)Nc1cccc(-c2ccc(NC(=O)C3(c4ccc5c(c4)OCO5)CC3)nc2)c1.[HH]. The van der Waals surface area contributed by atoms with Crippen molar-refractivity contribution in [1.82, 2.24) is 4.98 Å². The van der Waals surface area contributed by atoms with Gasteiger partial charge in [0.05, 0.1) is 5.41 Å². The summed E-state index contributed by atoms with van der Waals surface area (Å²) in [4.78, 5) is 28.7. The van der Waals surface area contributed by atoms with Crippen LogP contribution in [0.2, 0.25) is 0 Å². The van der Waals surface area contributed by atoms with Gasteiger partial charge in [-0.2, -0.15) is 0 Å². The van der Waals surface area contributed by atoms with Crippen LogP contribution in [-0.4, -0.2) is 23.6 Å². The van der Waals surface area contributed by atoms with Crippen LogP contribution in [0.3, 0.4) is 0 Å². The van der Waals surface area contributed by atoms with E-state index in [1.807, 2.05) is 48.5 Å². The van der Waals surface area contributed by atoms with Gasteiger partial charge < -0.3 is 20.1 Å². The Labute approximate surface area is 180 Å². The normalized spacial score (nSPS) is 15.3. The van der Waals surface area contributed by atoms with Crippen LogP contribution in [0.15, 0.2) is 60.8 Å². The van der Waals surface area contributed by atoms with E-state index in [1.165, 1.54) is 6.92 Å². The number of aromatic nitrogens is 1. The zero-order valence-electron chi connectivity index (χ0n) is 17.0. The fourth-order valence-corrected chi connectivity index (χ4v) is 3.82. The fraction of sp³-hybridized carbons (Fsp3) is 0.208. The predicted molar refractivity (Wildman–Crippen MR) is 118 cm³/mol. The molecule has 0 unspecified atom stereocenters. The summed E-state index contributed by atoms with van der Waals surface area (Å²) in [6, 6.07) is 16.9. The number of nitrogens with zero attached hydrogens (tertiary/aromatic N) is 1. The molecule has 7 nitrogen and oxygen atoms in total. The Bertz CT molecular complexity index is 1180. The summed E-state index contributed by atoms with van der Waals surface area (Å²) in [5.74, 6) is 1.70. The Kier molecular flexibility index (Phi) is 4.58. The number of pyridine rings is 1. The van der Waals surface area contributed by atoms with Crippen molar-refractivity contribution in [3.8, 4) is 22.6 Å². The highest BCUT2D eigenvalue weighted by atomic mass is 16.7. The molecule has 1 aliphatic carbocycles. The second kappa shape index (κ2) is 7.43. The minimum atomic E-state index is -0.548. The van der Waals surface area contributed by atoms with E-state index < -0.39 is 5.41 Å². The summed E-state index contributed by atoms with van der Waals surface area (Å²) < 4.78 is 10.8. The first-order valence-corrected chi connectivity index (χ1v) is 10.1. The number of amides is 2. The molecule has 2 amide bonds. The van der Waals surface area contributed by atoms with E-state index in [0.717, 1.165) is 35.2 Å². The number of rotatable bonds is 5. The molecule has 2 heterocycles. The summed E-state index contributed by atoms with van der Waals surface area (Å²) in [5, 5.41) is 5.72. The molecule has 1 aromatic heterocycles. The Hall–Kier alpha value is -3.87. The first-order chi connectivity index (χ1) is 15.0. The standard InChI is InChI=1S/C24H21N3O4.H2/c1-15(28)26-19-4-2-3-16(11-19)17-5-8-22(25-13-17)27-23(29)24(9-10-24)18-6-7-20-21(12-18)31-14-30-20;/h2-8,11-13H,9-10,14H2,1H3,(H,26,28)(H,25,27,29);1H. The van der Waals surface area contributed by atoms with E-state index in [1.54, 1.807) is 12.3 Å². The largest absolute Gasteiger partial charge is 0.454 e. The van der Waals surface area contributed by atoms with Crippen LogP contribution in [0.25, 0.3) is 11.1 Å². The zero-order chi connectivity index (χ0) is 21.4. The molecule has 2 aromatic carbocycles. The molecule has 1 fully saturated rings. The third-order valence-electron chi connectivity index (χ3n) is 5.63. The molecule has 0 bridgehead atoms. The van der Waals surface area contributed by atoms with Crippen molar-refractivity contribution in [2.24, 2.45) is 0 Å². The van der Waals surface area contributed by atoms with E-state index in [0.29, 0.717) is 17.3 Å². The lowest BCUT2D eigenvalue weighted by Crippen LogP contribution is -2.28. The molecule has 0 saturated heterocycles. The molecule has 2 aliphatic rings. The van der Waals surface area contributed by atoms with Crippen LogP contribution in [0.4, 0.5) is 11.5 Å². The fourth-order valence-electron chi connectivity index (χ4n) is 3.82.